The van der Waals surface area contributed by atoms with Crippen LogP contribution in [0.25, 0.3) is 0 Å². The third-order valence-corrected chi connectivity index (χ3v) is 3.87. The van der Waals surface area contributed by atoms with Crippen molar-refractivity contribution in [1.82, 2.24) is 5.32 Å². The number of halogens is 1. The van der Waals surface area contributed by atoms with Crippen molar-refractivity contribution >= 4 is 35.4 Å². The van der Waals surface area contributed by atoms with Crippen molar-refractivity contribution in [2.24, 2.45) is 5.73 Å². The molecular formula is C14H23ClN2O2S. The van der Waals surface area contributed by atoms with Crippen LogP contribution in [0.5, 0.6) is 0 Å². The van der Waals surface area contributed by atoms with Crippen LogP contribution >= 0.6 is 23.7 Å². The SMILES string of the molecule is Cc1cc(C(=O)CCC(=O)NC(C)(C)CN)c(C)s1.Cl. The minimum absolute atomic E-state index is 0. The van der Waals surface area contributed by atoms with E-state index in [1.54, 1.807) is 11.3 Å². The maximum atomic E-state index is 12.0. The molecule has 6 heteroatoms. The van der Waals surface area contributed by atoms with E-state index in [-0.39, 0.29) is 36.9 Å². The molecule has 20 heavy (non-hydrogen) atoms. The molecular weight excluding hydrogens is 296 g/mol. The number of Topliss-reactive ketones (excluding diaryl/α,β-unsaturated/α-hetero) is 1. The number of nitrogens with one attached hydrogen (secondary N) is 1. The van der Waals surface area contributed by atoms with Gasteiger partial charge in [-0.15, -0.1) is 23.7 Å². The molecule has 0 aliphatic heterocycles. The summed E-state index contributed by atoms with van der Waals surface area (Å²) in [7, 11) is 0. The molecule has 0 spiro atoms. The lowest BCUT2D eigenvalue weighted by atomic mass is 10.0. The molecule has 0 aliphatic rings. The largest absolute Gasteiger partial charge is 0.350 e. The number of ketones is 1. The van der Waals surface area contributed by atoms with Gasteiger partial charge < -0.3 is 11.1 Å². The first-order valence-electron chi connectivity index (χ1n) is 6.36. The number of nitrogens with two attached hydrogens (primary N) is 1. The Hall–Kier alpha value is -0.910. The number of hydrogen-bond acceptors (Lipinski definition) is 4. The van der Waals surface area contributed by atoms with Crippen LogP contribution in [0.3, 0.4) is 0 Å². The molecule has 0 fully saturated rings. The molecule has 1 amide bonds. The molecule has 4 nitrogen and oxygen atoms in total. The third kappa shape index (κ3) is 5.61. The number of carbonyl (C=O) groups is 2. The third-order valence-electron chi connectivity index (χ3n) is 2.91. The quantitative estimate of drug-likeness (QED) is 0.792. The second-order valence-corrected chi connectivity index (χ2v) is 6.85. The standard InChI is InChI=1S/C14H22N2O2S.ClH/c1-9-7-11(10(2)19-9)12(17)5-6-13(18)16-14(3,4)8-15;/h7H,5-6,8,15H2,1-4H3,(H,16,18);1H. The average molecular weight is 319 g/mol. The fourth-order valence-electron chi connectivity index (χ4n) is 1.76. The van der Waals surface area contributed by atoms with Crippen LogP contribution in [0.4, 0.5) is 0 Å². The number of rotatable bonds is 6. The van der Waals surface area contributed by atoms with Gasteiger partial charge in [0.05, 0.1) is 0 Å². The van der Waals surface area contributed by atoms with Gasteiger partial charge in [-0.05, 0) is 33.8 Å². The maximum absolute atomic E-state index is 12.0. The van der Waals surface area contributed by atoms with Crippen LogP contribution in [0.15, 0.2) is 6.07 Å². The van der Waals surface area contributed by atoms with Crippen molar-refractivity contribution in [2.75, 3.05) is 6.54 Å². The fraction of sp³-hybridized carbons (Fsp3) is 0.571. The van der Waals surface area contributed by atoms with Gasteiger partial charge in [0.25, 0.3) is 0 Å². The molecule has 0 unspecified atom stereocenters. The van der Waals surface area contributed by atoms with Gasteiger partial charge >= 0.3 is 0 Å². The highest BCUT2D eigenvalue weighted by Crippen LogP contribution is 2.22. The van der Waals surface area contributed by atoms with Gasteiger partial charge in [0.15, 0.2) is 5.78 Å². The maximum Gasteiger partial charge on any atom is 0.220 e. The topological polar surface area (TPSA) is 72.2 Å². The molecule has 0 bridgehead atoms. The lowest BCUT2D eigenvalue weighted by Crippen LogP contribution is -2.48. The Kier molecular flexibility index (Phi) is 7.41. The average Bonchev–Trinajstić information content (AvgIpc) is 2.65. The van der Waals surface area contributed by atoms with E-state index in [0.717, 1.165) is 15.3 Å². The van der Waals surface area contributed by atoms with Gasteiger partial charge in [-0.1, -0.05) is 0 Å². The predicted molar refractivity (Wildman–Crippen MR) is 85.9 cm³/mol. The molecule has 0 radical (unpaired) electrons. The van der Waals surface area contributed by atoms with Crippen LogP contribution in [0.1, 0.15) is 46.8 Å². The summed E-state index contributed by atoms with van der Waals surface area (Å²) in [6, 6.07) is 1.89. The number of aryl methyl sites for hydroxylation is 2. The second-order valence-electron chi connectivity index (χ2n) is 5.39. The van der Waals surface area contributed by atoms with E-state index < -0.39 is 5.54 Å². The van der Waals surface area contributed by atoms with Gasteiger partial charge in [0.2, 0.25) is 5.91 Å². The van der Waals surface area contributed by atoms with Crippen LogP contribution in [-0.4, -0.2) is 23.8 Å². The van der Waals surface area contributed by atoms with Crippen molar-refractivity contribution < 1.29 is 9.59 Å². The molecule has 114 valence electrons. The smallest absolute Gasteiger partial charge is 0.220 e. The highest BCUT2D eigenvalue weighted by Gasteiger charge is 2.19. The van der Waals surface area contributed by atoms with Crippen molar-refractivity contribution in [3.05, 3.63) is 21.4 Å². The van der Waals surface area contributed by atoms with E-state index in [9.17, 15) is 9.59 Å². The van der Waals surface area contributed by atoms with Crippen molar-refractivity contribution in [2.45, 2.75) is 46.1 Å². The summed E-state index contributed by atoms with van der Waals surface area (Å²) in [4.78, 5) is 25.9. The van der Waals surface area contributed by atoms with Gasteiger partial charge in [-0.3, -0.25) is 9.59 Å². The number of thiophene rings is 1. The van der Waals surface area contributed by atoms with Crippen LogP contribution in [0.2, 0.25) is 0 Å². The molecule has 0 aromatic carbocycles. The van der Waals surface area contributed by atoms with Crippen molar-refractivity contribution in [3.63, 3.8) is 0 Å². The fourth-order valence-corrected chi connectivity index (χ4v) is 2.70. The Bertz CT molecular complexity index is 484. The highest BCUT2D eigenvalue weighted by atomic mass is 35.5. The van der Waals surface area contributed by atoms with Gasteiger partial charge in [0.1, 0.15) is 0 Å². The summed E-state index contributed by atoms with van der Waals surface area (Å²) in [6.45, 7) is 8.00. The summed E-state index contributed by atoms with van der Waals surface area (Å²) < 4.78 is 0. The monoisotopic (exact) mass is 318 g/mol. The zero-order chi connectivity index (χ0) is 14.6. The molecule has 1 rings (SSSR count). The number of carbonyl (C=O) groups excluding carboxylic acids is 2. The first-order valence-corrected chi connectivity index (χ1v) is 7.18. The lowest BCUT2D eigenvalue weighted by Gasteiger charge is -2.24. The Morgan fingerprint density at radius 2 is 1.90 bits per heavy atom. The molecule has 3 N–H and O–H groups in total. The number of amides is 1. The molecule has 0 atom stereocenters. The Morgan fingerprint density at radius 3 is 2.35 bits per heavy atom. The minimum atomic E-state index is -0.422. The van der Waals surface area contributed by atoms with E-state index in [1.807, 2.05) is 33.8 Å². The van der Waals surface area contributed by atoms with E-state index >= 15 is 0 Å². The first kappa shape index (κ1) is 19.1. The summed E-state index contributed by atoms with van der Waals surface area (Å²) >= 11 is 1.61. The Morgan fingerprint density at radius 1 is 1.30 bits per heavy atom. The Labute approximate surface area is 130 Å². The van der Waals surface area contributed by atoms with Gasteiger partial charge in [-0.25, -0.2) is 0 Å². The van der Waals surface area contributed by atoms with Gasteiger partial charge in [0, 0.05) is 40.2 Å². The summed E-state index contributed by atoms with van der Waals surface area (Å²) in [5.41, 5.74) is 5.87. The van der Waals surface area contributed by atoms with Crippen molar-refractivity contribution in [1.29, 1.82) is 0 Å². The zero-order valence-electron chi connectivity index (χ0n) is 12.4. The summed E-state index contributed by atoms with van der Waals surface area (Å²) in [5.74, 6) is -0.101. The minimum Gasteiger partial charge on any atom is -0.350 e. The van der Waals surface area contributed by atoms with Crippen molar-refractivity contribution in [3.8, 4) is 0 Å². The lowest BCUT2D eigenvalue weighted by molar-refractivity contribution is -0.122. The van der Waals surface area contributed by atoms with E-state index in [0.29, 0.717) is 6.54 Å². The van der Waals surface area contributed by atoms with Crippen LogP contribution in [0, 0.1) is 13.8 Å². The molecule has 1 aromatic rings. The van der Waals surface area contributed by atoms with E-state index in [2.05, 4.69) is 5.32 Å². The Balaban J connectivity index is 0.00000361. The summed E-state index contributed by atoms with van der Waals surface area (Å²) in [6.07, 6.45) is 0.445. The zero-order valence-corrected chi connectivity index (χ0v) is 14.0. The van der Waals surface area contributed by atoms with Gasteiger partial charge in [-0.2, -0.15) is 0 Å². The highest BCUT2D eigenvalue weighted by molar-refractivity contribution is 7.12. The second kappa shape index (κ2) is 7.76. The number of hydrogen-bond donors (Lipinski definition) is 2. The molecule has 0 aliphatic carbocycles. The predicted octanol–water partition coefficient (Wildman–Crippen LogP) is 2.60. The van der Waals surface area contributed by atoms with E-state index in [4.69, 9.17) is 5.73 Å². The molecule has 1 aromatic heterocycles. The molecule has 1 heterocycles. The first-order chi connectivity index (χ1) is 8.75. The normalized spacial score (nSPS) is 10.8. The molecule has 0 saturated carbocycles. The van der Waals surface area contributed by atoms with Crippen LogP contribution in [-0.2, 0) is 4.79 Å². The molecule has 0 saturated heterocycles. The van der Waals surface area contributed by atoms with Crippen LogP contribution < -0.4 is 11.1 Å². The summed E-state index contributed by atoms with van der Waals surface area (Å²) in [5, 5.41) is 2.82. The van der Waals surface area contributed by atoms with E-state index in [1.165, 1.54) is 0 Å².